The molecule has 96 valence electrons. The van der Waals surface area contributed by atoms with Crippen molar-refractivity contribution in [2.24, 2.45) is 5.92 Å². The van der Waals surface area contributed by atoms with E-state index in [0.717, 1.165) is 23.3 Å². The summed E-state index contributed by atoms with van der Waals surface area (Å²) in [4.78, 5) is 0. The van der Waals surface area contributed by atoms with Gasteiger partial charge in [-0.2, -0.15) is 0 Å². The summed E-state index contributed by atoms with van der Waals surface area (Å²) >= 11 is 0. The van der Waals surface area contributed by atoms with Crippen LogP contribution < -0.4 is 4.74 Å². The van der Waals surface area contributed by atoms with Crippen LogP contribution >= 0.6 is 0 Å². The molecule has 3 rings (SSSR count). The highest BCUT2D eigenvalue weighted by molar-refractivity contribution is 5.45. The van der Waals surface area contributed by atoms with E-state index in [4.69, 9.17) is 9.47 Å². The lowest BCUT2D eigenvalue weighted by Gasteiger charge is -2.38. The molecular formula is C15H18O3. The van der Waals surface area contributed by atoms with Crippen molar-refractivity contribution in [2.45, 2.75) is 18.9 Å². The number of aryl methyl sites for hydroxylation is 1. The molecule has 3 nitrogen and oxygen atoms in total. The molecule has 1 spiro atoms. The van der Waals surface area contributed by atoms with Crippen LogP contribution in [0.25, 0.3) is 0 Å². The van der Waals surface area contributed by atoms with Crippen LogP contribution in [0.15, 0.2) is 30.4 Å². The molecule has 18 heavy (non-hydrogen) atoms. The third kappa shape index (κ3) is 1.51. The van der Waals surface area contributed by atoms with Crippen molar-refractivity contribution < 1.29 is 14.6 Å². The standard InChI is InChI=1S/C15H18O3/c1-10-3-4-14-12(7-10)15(5-6-17-14)13(8-16)11(2)9-18-15/h3-4,7,13,16H,2,5-6,8-9H2,1H3. The first-order chi connectivity index (χ1) is 8.67. The molecule has 1 saturated heterocycles. The SMILES string of the molecule is C=C1COC2(CCOc3ccc(C)cc32)C1CO. The van der Waals surface area contributed by atoms with E-state index >= 15 is 0 Å². The molecule has 0 aliphatic carbocycles. The summed E-state index contributed by atoms with van der Waals surface area (Å²) in [6, 6.07) is 6.13. The van der Waals surface area contributed by atoms with Crippen molar-refractivity contribution in [3.8, 4) is 5.75 Å². The largest absolute Gasteiger partial charge is 0.493 e. The minimum absolute atomic E-state index is 0.0260. The van der Waals surface area contributed by atoms with Crippen molar-refractivity contribution in [3.05, 3.63) is 41.5 Å². The van der Waals surface area contributed by atoms with Crippen LogP contribution in [0.3, 0.4) is 0 Å². The van der Waals surface area contributed by atoms with Crippen molar-refractivity contribution >= 4 is 0 Å². The molecule has 2 unspecified atom stereocenters. The normalized spacial score (nSPS) is 30.3. The number of aliphatic hydroxyl groups is 1. The lowest BCUT2D eigenvalue weighted by Crippen LogP contribution is -2.39. The van der Waals surface area contributed by atoms with Crippen molar-refractivity contribution in [2.75, 3.05) is 19.8 Å². The van der Waals surface area contributed by atoms with Crippen LogP contribution in [0, 0.1) is 12.8 Å². The van der Waals surface area contributed by atoms with Crippen LogP contribution in [0.2, 0.25) is 0 Å². The Kier molecular flexibility index (Phi) is 2.68. The smallest absolute Gasteiger partial charge is 0.125 e. The quantitative estimate of drug-likeness (QED) is 0.772. The van der Waals surface area contributed by atoms with Crippen LogP contribution in [0.5, 0.6) is 5.75 Å². The Morgan fingerprint density at radius 3 is 3.11 bits per heavy atom. The van der Waals surface area contributed by atoms with Gasteiger partial charge < -0.3 is 14.6 Å². The molecule has 0 radical (unpaired) electrons. The van der Waals surface area contributed by atoms with Crippen LogP contribution in [0.1, 0.15) is 17.5 Å². The van der Waals surface area contributed by atoms with Gasteiger partial charge in [-0.25, -0.2) is 0 Å². The summed E-state index contributed by atoms with van der Waals surface area (Å²) in [6.07, 6.45) is 0.772. The molecular weight excluding hydrogens is 228 g/mol. The van der Waals surface area contributed by atoms with Gasteiger partial charge in [0, 0.05) is 17.9 Å². The number of hydrogen-bond donors (Lipinski definition) is 1. The van der Waals surface area contributed by atoms with E-state index in [1.54, 1.807) is 0 Å². The van der Waals surface area contributed by atoms with E-state index in [-0.39, 0.29) is 12.5 Å². The topological polar surface area (TPSA) is 38.7 Å². The second-order valence-corrected chi connectivity index (χ2v) is 5.17. The molecule has 0 amide bonds. The zero-order chi connectivity index (χ0) is 12.8. The van der Waals surface area contributed by atoms with E-state index in [0.29, 0.717) is 13.2 Å². The molecule has 2 atom stereocenters. The second-order valence-electron chi connectivity index (χ2n) is 5.17. The maximum absolute atomic E-state index is 9.67. The second kappa shape index (κ2) is 4.11. The van der Waals surface area contributed by atoms with Gasteiger partial charge in [0.05, 0.1) is 19.8 Å². The zero-order valence-corrected chi connectivity index (χ0v) is 10.6. The predicted molar refractivity (Wildman–Crippen MR) is 68.6 cm³/mol. The summed E-state index contributed by atoms with van der Waals surface area (Å²) in [6.45, 7) is 7.31. The first-order valence-corrected chi connectivity index (χ1v) is 6.34. The van der Waals surface area contributed by atoms with Crippen molar-refractivity contribution in [1.82, 2.24) is 0 Å². The van der Waals surface area contributed by atoms with Crippen molar-refractivity contribution in [3.63, 3.8) is 0 Å². The van der Waals surface area contributed by atoms with Gasteiger partial charge in [0.25, 0.3) is 0 Å². The van der Waals surface area contributed by atoms with Crippen molar-refractivity contribution in [1.29, 1.82) is 0 Å². The van der Waals surface area contributed by atoms with Crippen LogP contribution in [0.4, 0.5) is 0 Å². The lowest BCUT2D eigenvalue weighted by molar-refractivity contribution is -0.0651. The first-order valence-electron chi connectivity index (χ1n) is 6.34. The molecule has 0 bridgehead atoms. The molecule has 1 fully saturated rings. The van der Waals surface area contributed by atoms with Crippen LogP contribution in [-0.4, -0.2) is 24.9 Å². The molecule has 1 N–H and O–H groups in total. The van der Waals surface area contributed by atoms with Crippen LogP contribution in [-0.2, 0) is 10.3 Å². The summed E-state index contributed by atoms with van der Waals surface area (Å²) < 4.78 is 11.7. The van der Waals surface area contributed by atoms with Gasteiger partial charge in [-0.3, -0.25) is 0 Å². The third-order valence-corrected chi connectivity index (χ3v) is 4.08. The monoisotopic (exact) mass is 246 g/mol. The molecule has 1 aromatic carbocycles. The maximum atomic E-state index is 9.67. The number of rotatable bonds is 1. The first kappa shape index (κ1) is 11.8. The Labute approximate surface area is 107 Å². The number of fused-ring (bicyclic) bond motifs is 2. The molecule has 3 heteroatoms. The van der Waals surface area contributed by atoms with Gasteiger partial charge in [0.15, 0.2) is 0 Å². The van der Waals surface area contributed by atoms with Gasteiger partial charge in [-0.15, -0.1) is 0 Å². The van der Waals surface area contributed by atoms with E-state index in [1.165, 1.54) is 5.56 Å². The predicted octanol–water partition coefficient (Wildman–Crippen LogP) is 2.17. The average molecular weight is 246 g/mol. The van der Waals surface area contributed by atoms with E-state index < -0.39 is 5.60 Å². The Bertz CT molecular complexity index is 495. The Balaban J connectivity index is 2.15. The lowest BCUT2D eigenvalue weighted by atomic mass is 9.76. The summed E-state index contributed by atoms with van der Waals surface area (Å²) in [7, 11) is 0. The van der Waals surface area contributed by atoms with E-state index in [9.17, 15) is 5.11 Å². The minimum Gasteiger partial charge on any atom is -0.493 e. The van der Waals surface area contributed by atoms with Gasteiger partial charge >= 0.3 is 0 Å². The number of benzene rings is 1. The van der Waals surface area contributed by atoms with E-state index in [2.05, 4.69) is 19.6 Å². The maximum Gasteiger partial charge on any atom is 0.125 e. The molecule has 2 aliphatic rings. The van der Waals surface area contributed by atoms with Gasteiger partial charge in [-0.1, -0.05) is 18.2 Å². The fourth-order valence-electron chi connectivity index (χ4n) is 3.09. The van der Waals surface area contributed by atoms with Gasteiger partial charge in [0.1, 0.15) is 11.4 Å². The fraction of sp³-hybridized carbons (Fsp3) is 0.467. The minimum atomic E-state index is -0.439. The fourth-order valence-corrected chi connectivity index (χ4v) is 3.09. The van der Waals surface area contributed by atoms with Gasteiger partial charge in [-0.05, 0) is 24.6 Å². The summed E-state index contributed by atoms with van der Waals surface area (Å²) in [5.74, 6) is 0.849. The molecule has 0 aromatic heterocycles. The highest BCUT2D eigenvalue weighted by Gasteiger charge is 2.50. The molecule has 1 aromatic rings. The molecule has 0 saturated carbocycles. The van der Waals surface area contributed by atoms with Gasteiger partial charge in [0.2, 0.25) is 0 Å². The Morgan fingerprint density at radius 1 is 1.50 bits per heavy atom. The average Bonchev–Trinajstić information content (AvgIpc) is 2.68. The Morgan fingerprint density at radius 2 is 2.33 bits per heavy atom. The molecule has 2 aliphatic heterocycles. The zero-order valence-electron chi connectivity index (χ0n) is 10.6. The van der Waals surface area contributed by atoms with E-state index in [1.807, 2.05) is 12.1 Å². The Hall–Kier alpha value is -1.32. The number of ether oxygens (including phenoxy) is 2. The number of aliphatic hydroxyl groups excluding tert-OH is 1. The third-order valence-electron chi connectivity index (χ3n) is 4.08. The summed E-state index contributed by atoms with van der Waals surface area (Å²) in [5.41, 5.74) is 2.78. The highest BCUT2D eigenvalue weighted by Crippen LogP contribution is 2.50. The highest BCUT2D eigenvalue weighted by atomic mass is 16.5. The number of hydrogen-bond acceptors (Lipinski definition) is 3. The molecule has 2 heterocycles. The summed E-state index contributed by atoms with van der Waals surface area (Å²) in [5, 5.41) is 9.67.